The average molecular weight is 310 g/mol. The molecule has 0 aliphatic carbocycles. The van der Waals surface area contributed by atoms with Gasteiger partial charge < -0.3 is 10.2 Å². The first-order valence-electron chi connectivity index (χ1n) is 8.57. The van der Waals surface area contributed by atoms with Crippen molar-refractivity contribution in [3.05, 3.63) is 54.0 Å². The monoisotopic (exact) mass is 310 g/mol. The van der Waals surface area contributed by atoms with E-state index in [-0.39, 0.29) is 0 Å². The van der Waals surface area contributed by atoms with Crippen molar-refractivity contribution in [1.29, 1.82) is 0 Å². The van der Waals surface area contributed by atoms with Crippen molar-refractivity contribution in [2.45, 2.75) is 32.2 Å². The maximum absolute atomic E-state index is 4.43. The van der Waals surface area contributed by atoms with Gasteiger partial charge in [-0.1, -0.05) is 6.07 Å². The molecule has 3 heterocycles. The van der Waals surface area contributed by atoms with Crippen LogP contribution in [0.15, 0.2) is 42.7 Å². The standard InChI is InChI=1S/C19H26N4/c1-23-11-4-5-16(8-12-23)13-17-7-10-21-19(14-17)22-15-18-6-2-3-9-20-18/h2-3,6-7,9-10,14,16H,4-5,8,11-13,15H2,1H3,(H,21,22). The summed E-state index contributed by atoms with van der Waals surface area (Å²) in [5, 5.41) is 3.38. The number of anilines is 1. The SMILES string of the molecule is CN1CCCC(Cc2ccnc(NCc3ccccn3)c2)CC1. The van der Waals surface area contributed by atoms with E-state index in [1.807, 2.05) is 30.6 Å². The van der Waals surface area contributed by atoms with Crippen LogP contribution in [0.2, 0.25) is 0 Å². The third-order valence-corrected chi connectivity index (χ3v) is 4.60. The maximum atomic E-state index is 4.43. The van der Waals surface area contributed by atoms with E-state index >= 15 is 0 Å². The molecule has 1 fully saturated rings. The second-order valence-corrected chi connectivity index (χ2v) is 6.53. The Labute approximate surface area is 139 Å². The molecular weight excluding hydrogens is 284 g/mol. The van der Waals surface area contributed by atoms with Crippen LogP contribution in [-0.4, -0.2) is 35.0 Å². The Morgan fingerprint density at radius 1 is 1.13 bits per heavy atom. The Balaban J connectivity index is 1.56. The zero-order valence-electron chi connectivity index (χ0n) is 13.9. The fourth-order valence-electron chi connectivity index (χ4n) is 3.23. The first-order valence-corrected chi connectivity index (χ1v) is 8.57. The Morgan fingerprint density at radius 2 is 2.09 bits per heavy atom. The molecule has 1 N–H and O–H groups in total. The molecule has 1 saturated heterocycles. The highest BCUT2D eigenvalue weighted by molar-refractivity contribution is 5.38. The number of likely N-dealkylation sites (tertiary alicyclic amines) is 1. The Kier molecular flexibility index (Phi) is 5.59. The van der Waals surface area contributed by atoms with Gasteiger partial charge in [0.15, 0.2) is 0 Å². The summed E-state index contributed by atoms with van der Waals surface area (Å²) in [5.41, 5.74) is 2.42. The molecule has 2 aromatic heterocycles. The topological polar surface area (TPSA) is 41.1 Å². The van der Waals surface area contributed by atoms with Crippen molar-refractivity contribution in [3.8, 4) is 0 Å². The zero-order chi connectivity index (χ0) is 15.9. The minimum absolute atomic E-state index is 0.714. The second kappa shape index (κ2) is 8.06. The van der Waals surface area contributed by atoms with Crippen LogP contribution < -0.4 is 5.32 Å². The number of aromatic nitrogens is 2. The molecule has 1 unspecified atom stereocenters. The predicted octanol–water partition coefficient (Wildman–Crippen LogP) is 3.36. The molecule has 3 rings (SSSR count). The van der Waals surface area contributed by atoms with E-state index in [4.69, 9.17) is 0 Å². The lowest BCUT2D eigenvalue weighted by Crippen LogP contribution is -2.19. The summed E-state index contributed by atoms with van der Waals surface area (Å²) in [7, 11) is 2.23. The summed E-state index contributed by atoms with van der Waals surface area (Å²) in [6.07, 6.45) is 8.85. The van der Waals surface area contributed by atoms with Gasteiger partial charge >= 0.3 is 0 Å². The first kappa shape index (κ1) is 15.9. The third kappa shape index (κ3) is 5.03. The summed E-state index contributed by atoms with van der Waals surface area (Å²) in [6.45, 7) is 3.18. The summed E-state index contributed by atoms with van der Waals surface area (Å²) < 4.78 is 0. The Hall–Kier alpha value is -1.94. The lowest BCUT2D eigenvalue weighted by atomic mass is 9.93. The van der Waals surface area contributed by atoms with Crippen LogP contribution in [0, 0.1) is 5.92 Å². The van der Waals surface area contributed by atoms with E-state index in [1.54, 1.807) is 0 Å². The van der Waals surface area contributed by atoms with Crippen molar-refractivity contribution < 1.29 is 0 Å². The molecule has 0 spiro atoms. The van der Waals surface area contributed by atoms with Crippen LogP contribution in [-0.2, 0) is 13.0 Å². The Bertz CT molecular complexity index is 599. The summed E-state index contributed by atoms with van der Waals surface area (Å²) in [5.74, 6) is 1.74. The molecule has 0 aromatic carbocycles. The molecule has 2 aromatic rings. The third-order valence-electron chi connectivity index (χ3n) is 4.60. The number of hydrogen-bond donors (Lipinski definition) is 1. The average Bonchev–Trinajstić information content (AvgIpc) is 2.79. The second-order valence-electron chi connectivity index (χ2n) is 6.53. The van der Waals surface area contributed by atoms with Gasteiger partial charge in [0, 0.05) is 12.4 Å². The molecule has 23 heavy (non-hydrogen) atoms. The molecular formula is C19H26N4. The molecule has 4 heteroatoms. The van der Waals surface area contributed by atoms with Gasteiger partial charge in [0.05, 0.1) is 12.2 Å². The number of nitrogens with zero attached hydrogens (tertiary/aromatic N) is 3. The number of nitrogens with one attached hydrogen (secondary N) is 1. The quantitative estimate of drug-likeness (QED) is 0.919. The van der Waals surface area contributed by atoms with Gasteiger partial charge in [-0.2, -0.15) is 0 Å². The van der Waals surface area contributed by atoms with E-state index in [9.17, 15) is 0 Å². The minimum atomic E-state index is 0.714. The van der Waals surface area contributed by atoms with Gasteiger partial charge in [0.1, 0.15) is 5.82 Å². The molecule has 1 aliphatic heterocycles. The molecule has 1 aliphatic rings. The van der Waals surface area contributed by atoms with E-state index in [2.05, 4.69) is 39.4 Å². The largest absolute Gasteiger partial charge is 0.364 e. The van der Waals surface area contributed by atoms with E-state index < -0.39 is 0 Å². The predicted molar refractivity (Wildman–Crippen MR) is 94.3 cm³/mol. The highest BCUT2D eigenvalue weighted by atomic mass is 15.1. The van der Waals surface area contributed by atoms with Crippen LogP contribution in [0.3, 0.4) is 0 Å². The molecule has 1 atom stereocenters. The fourth-order valence-corrected chi connectivity index (χ4v) is 3.23. The van der Waals surface area contributed by atoms with Crippen molar-refractivity contribution in [1.82, 2.24) is 14.9 Å². The van der Waals surface area contributed by atoms with E-state index in [0.29, 0.717) is 6.54 Å². The van der Waals surface area contributed by atoms with Crippen molar-refractivity contribution in [2.24, 2.45) is 5.92 Å². The van der Waals surface area contributed by atoms with Gasteiger partial charge in [0.2, 0.25) is 0 Å². The molecule has 0 bridgehead atoms. The fraction of sp³-hybridized carbons (Fsp3) is 0.474. The smallest absolute Gasteiger partial charge is 0.126 e. The van der Waals surface area contributed by atoms with Gasteiger partial charge in [-0.05, 0) is 81.6 Å². The normalized spacial score (nSPS) is 19.3. The van der Waals surface area contributed by atoms with Crippen molar-refractivity contribution in [3.63, 3.8) is 0 Å². The lowest BCUT2D eigenvalue weighted by molar-refractivity contribution is 0.341. The molecule has 122 valence electrons. The van der Waals surface area contributed by atoms with Crippen molar-refractivity contribution >= 4 is 5.82 Å². The minimum Gasteiger partial charge on any atom is -0.364 e. The molecule has 0 amide bonds. The van der Waals surface area contributed by atoms with Gasteiger partial charge in [0.25, 0.3) is 0 Å². The zero-order valence-corrected chi connectivity index (χ0v) is 13.9. The van der Waals surface area contributed by atoms with Crippen LogP contribution in [0.5, 0.6) is 0 Å². The van der Waals surface area contributed by atoms with Crippen LogP contribution >= 0.6 is 0 Å². The lowest BCUT2D eigenvalue weighted by Gasteiger charge is -2.15. The van der Waals surface area contributed by atoms with Crippen LogP contribution in [0.4, 0.5) is 5.82 Å². The molecule has 0 saturated carbocycles. The number of pyridine rings is 2. The van der Waals surface area contributed by atoms with Crippen LogP contribution in [0.1, 0.15) is 30.5 Å². The van der Waals surface area contributed by atoms with Crippen LogP contribution in [0.25, 0.3) is 0 Å². The molecule has 4 nitrogen and oxygen atoms in total. The van der Waals surface area contributed by atoms with Gasteiger partial charge in [-0.3, -0.25) is 4.98 Å². The first-order chi connectivity index (χ1) is 11.3. The highest BCUT2D eigenvalue weighted by Gasteiger charge is 2.15. The highest BCUT2D eigenvalue weighted by Crippen LogP contribution is 2.22. The van der Waals surface area contributed by atoms with E-state index in [1.165, 1.54) is 37.9 Å². The van der Waals surface area contributed by atoms with Crippen molar-refractivity contribution in [2.75, 3.05) is 25.5 Å². The number of hydrogen-bond acceptors (Lipinski definition) is 4. The summed E-state index contributed by atoms with van der Waals surface area (Å²) >= 11 is 0. The Morgan fingerprint density at radius 3 is 2.96 bits per heavy atom. The molecule has 0 radical (unpaired) electrons. The van der Waals surface area contributed by atoms with E-state index in [0.717, 1.165) is 23.9 Å². The number of rotatable bonds is 5. The maximum Gasteiger partial charge on any atom is 0.126 e. The summed E-state index contributed by atoms with van der Waals surface area (Å²) in [4.78, 5) is 11.2. The van der Waals surface area contributed by atoms with Gasteiger partial charge in [-0.25, -0.2) is 4.98 Å². The summed E-state index contributed by atoms with van der Waals surface area (Å²) in [6, 6.07) is 10.3. The van der Waals surface area contributed by atoms with Gasteiger partial charge in [-0.15, -0.1) is 0 Å².